The Morgan fingerprint density at radius 2 is 2.24 bits per heavy atom. The van der Waals surface area contributed by atoms with Crippen LogP contribution in [0.25, 0.3) is 0 Å². The van der Waals surface area contributed by atoms with Gasteiger partial charge in [-0.3, -0.25) is 4.79 Å². The molecule has 4 heteroatoms. The number of nitrogens with zero attached hydrogens (tertiary/aromatic N) is 2. The molecule has 1 fully saturated rings. The van der Waals surface area contributed by atoms with Crippen molar-refractivity contribution in [1.29, 1.82) is 5.26 Å². The van der Waals surface area contributed by atoms with Crippen molar-refractivity contribution in [2.75, 3.05) is 26.8 Å². The Labute approximate surface area is 104 Å². The molecule has 1 amide bonds. The molecule has 0 aliphatic heterocycles. The molecular formula is C13H22N2O2. The van der Waals surface area contributed by atoms with Crippen LogP contribution in [0.15, 0.2) is 0 Å². The number of amides is 1. The number of carbonyl (C=O) groups is 1. The zero-order chi connectivity index (χ0) is 12.9. The molecule has 0 aromatic rings. The van der Waals surface area contributed by atoms with Gasteiger partial charge in [-0.1, -0.05) is 6.92 Å². The summed E-state index contributed by atoms with van der Waals surface area (Å²) in [4.78, 5) is 13.6. The second kappa shape index (κ2) is 6.02. The van der Waals surface area contributed by atoms with Crippen LogP contribution in [0.1, 0.15) is 33.1 Å². The predicted octanol–water partition coefficient (Wildman–Crippen LogP) is 1.81. The largest absolute Gasteiger partial charge is 0.379 e. The molecule has 96 valence electrons. The van der Waals surface area contributed by atoms with Crippen LogP contribution in [-0.2, 0) is 9.53 Å². The van der Waals surface area contributed by atoms with Gasteiger partial charge in [0.05, 0.1) is 12.7 Å². The van der Waals surface area contributed by atoms with Crippen LogP contribution in [0.3, 0.4) is 0 Å². The van der Waals surface area contributed by atoms with Gasteiger partial charge >= 0.3 is 0 Å². The van der Waals surface area contributed by atoms with E-state index in [9.17, 15) is 4.79 Å². The number of likely N-dealkylation sites (N-methyl/N-ethyl adjacent to an activating group) is 1. The first-order chi connectivity index (χ1) is 8.03. The zero-order valence-electron chi connectivity index (χ0n) is 11.0. The topological polar surface area (TPSA) is 53.3 Å². The molecule has 0 aromatic heterocycles. The highest BCUT2D eigenvalue weighted by Gasteiger charge is 2.33. The summed E-state index contributed by atoms with van der Waals surface area (Å²) in [7, 11) is 1.73. The molecule has 0 aromatic carbocycles. The molecule has 0 saturated heterocycles. The van der Waals surface area contributed by atoms with Crippen molar-refractivity contribution >= 4 is 5.91 Å². The average Bonchev–Trinajstić information content (AvgIpc) is 3.16. The number of hydrogen-bond acceptors (Lipinski definition) is 3. The van der Waals surface area contributed by atoms with Crippen LogP contribution in [0.4, 0.5) is 0 Å². The Kier molecular flexibility index (Phi) is 4.95. The van der Waals surface area contributed by atoms with Crippen molar-refractivity contribution in [2.45, 2.75) is 33.1 Å². The third-order valence-corrected chi connectivity index (χ3v) is 3.39. The van der Waals surface area contributed by atoms with E-state index in [1.165, 1.54) is 12.8 Å². The molecule has 0 bridgehead atoms. The SMILES string of the molecule is CCC(C)(C#N)C(=O)N(C)CCOCC1CC1. The van der Waals surface area contributed by atoms with Gasteiger partial charge in [0.15, 0.2) is 0 Å². The van der Waals surface area contributed by atoms with Crippen LogP contribution in [0.2, 0.25) is 0 Å². The molecule has 0 N–H and O–H groups in total. The first-order valence-corrected chi connectivity index (χ1v) is 6.28. The molecule has 1 aliphatic carbocycles. The van der Waals surface area contributed by atoms with Crippen LogP contribution in [0, 0.1) is 22.7 Å². The summed E-state index contributed by atoms with van der Waals surface area (Å²) in [5.41, 5.74) is -0.898. The highest BCUT2D eigenvalue weighted by molar-refractivity contribution is 5.84. The lowest BCUT2D eigenvalue weighted by atomic mass is 9.88. The molecule has 0 spiro atoms. The maximum atomic E-state index is 12.0. The van der Waals surface area contributed by atoms with Crippen molar-refractivity contribution in [2.24, 2.45) is 11.3 Å². The Morgan fingerprint density at radius 1 is 1.59 bits per heavy atom. The lowest BCUT2D eigenvalue weighted by Gasteiger charge is -2.26. The van der Waals surface area contributed by atoms with Gasteiger partial charge in [0.1, 0.15) is 5.41 Å². The van der Waals surface area contributed by atoms with Gasteiger partial charge in [0.2, 0.25) is 5.91 Å². The van der Waals surface area contributed by atoms with E-state index >= 15 is 0 Å². The summed E-state index contributed by atoms with van der Waals surface area (Å²) in [6.07, 6.45) is 3.09. The molecule has 4 nitrogen and oxygen atoms in total. The fraction of sp³-hybridized carbons (Fsp3) is 0.846. The van der Waals surface area contributed by atoms with Crippen LogP contribution >= 0.6 is 0 Å². The van der Waals surface area contributed by atoms with Gasteiger partial charge in [0.25, 0.3) is 0 Å². The Morgan fingerprint density at radius 3 is 2.71 bits per heavy atom. The molecule has 1 atom stereocenters. The van der Waals surface area contributed by atoms with Gasteiger partial charge < -0.3 is 9.64 Å². The highest BCUT2D eigenvalue weighted by Crippen LogP contribution is 2.28. The minimum Gasteiger partial charge on any atom is -0.379 e. The smallest absolute Gasteiger partial charge is 0.242 e. The summed E-state index contributed by atoms with van der Waals surface area (Å²) in [5, 5.41) is 9.03. The van der Waals surface area contributed by atoms with E-state index in [4.69, 9.17) is 10.00 Å². The van der Waals surface area contributed by atoms with E-state index in [0.29, 0.717) is 19.6 Å². The third-order valence-electron chi connectivity index (χ3n) is 3.39. The van der Waals surface area contributed by atoms with Gasteiger partial charge in [-0.05, 0) is 32.1 Å². The number of ether oxygens (including phenoxy) is 1. The maximum Gasteiger partial charge on any atom is 0.242 e. The predicted molar refractivity (Wildman–Crippen MR) is 65.2 cm³/mol. The Bertz CT molecular complexity index is 307. The summed E-state index contributed by atoms with van der Waals surface area (Å²) < 4.78 is 5.48. The third kappa shape index (κ3) is 4.01. The van der Waals surface area contributed by atoms with Crippen LogP contribution in [-0.4, -0.2) is 37.6 Å². The summed E-state index contributed by atoms with van der Waals surface area (Å²) in [5.74, 6) is 0.633. The Balaban J connectivity index is 2.27. The van der Waals surface area contributed by atoms with Gasteiger partial charge in [0, 0.05) is 20.2 Å². The fourth-order valence-electron chi connectivity index (χ4n) is 1.54. The number of carbonyl (C=O) groups excluding carboxylic acids is 1. The van der Waals surface area contributed by atoms with Gasteiger partial charge in [-0.15, -0.1) is 0 Å². The molecule has 0 radical (unpaired) electrons. The zero-order valence-corrected chi connectivity index (χ0v) is 11.0. The molecule has 1 aliphatic rings. The maximum absolute atomic E-state index is 12.0. The lowest BCUT2D eigenvalue weighted by molar-refractivity contribution is -0.137. The second-order valence-corrected chi connectivity index (χ2v) is 5.04. The van der Waals surface area contributed by atoms with Gasteiger partial charge in [-0.25, -0.2) is 0 Å². The second-order valence-electron chi connectivity index (χ2n) is 5.04. The quantitative estimate of drug-likeness (QED) is 0.636. The first-order valence-electron chi connectivity index (χ1n) is 6.28. The molecular weight excluding hydrogens is 216 g/mol. The first kappa shape index (κ1) is 14.0. The van der Waals surface area contributed by atoms with E-state index in [0.717, 1.165) is 12.5 Å². The van der Waals surface area contributed by atoms with E-state index < -0.39 is 5.41 Å². The average molecular weight is 238 g/mol. The molecule has 1 saturated carbocycles. The minimum absolute atomic E-state index is 0.113. The van der Waals surface area contributed by atoms with Gasteiger partial charge in [-0.2, -0.15) is 5.26 Å². The lowest BCUT2D eigenvalue weighted by Crippen LogP contribution is -2.40. The monoisotopic (exact) mass is 238 g/mol. The molecule has 1 unspecified atom stereocenters. The summed E-state index contributed by atoms with van der Waals surface area (Å²) >= 11 is 0. The van der Waals surface area contributed by atoms with E-state index in [2.05, 4.69) is 6.07 Å². The minimum atomic E-state index is -0.898. The van der Waals surface area contributed by atoms with E-state index in [1.807, 2.05) is 6.92 Å². The number of hydrogen-bond donors (Lipinski definition) is 0. The Hall–Kier alpha value is -1.08. The van der Waals surface area contributed by atoms with E-state index in [-0.39, 0.29) is 5.91 Å². The summed E-state index contributed by atoms with van der Waals surface area (Å²) in [6.45, 7) is 5.48. The fourth-order valence-corrected chi connectivity index (χ4v) is 1.54. The molecule has 1 rings (SSSR count). The van der Waals surface area contributed by atoms with E-state index in [1.54, 1.807) is 18.9 Å². The number of rotatable bonds is 7. The van der Waals surface area contributed by atoms with Crippen molar-refractivity contribution in [1.82, 2.24) is 4.90 Å². The molecule has 0 heterocycles. The van der Waals surface area contributed by atoms with Crippen LogP contribution < -0.4 is 0 Å². The van der Waals surface area contributed by atoms with Crippen molar-refractivity contribution < 1.29 is 9.53 Å². The van der Waals surface area contributed by atoms with Crippen molar-refractivity contribution in [3.8, 4) is 6.07 Å². The van der Waals surface area contributed by atoms with Crippen molar-refractivity contribution in [3.63, 3.8) is 0 Å². The standard InChI is InChI=1S/C13H22N2O2/c1-4-13(2,10-14)12(16)15(3)7-8-17-9-11-5-6-11/h11H,4-9H2,1-3H3. The van der Waals surface area contributed by atoms with Crippen molar-refractivity contribution in [3.05, 3.63) is 0 Å². The molecule has 17 heavy (non-hydrogen) atoms. The number of nitriles is 1. The normalized spacial score (nSPS) is 18.2. The highest BCUT2D eigenvalue weighted by atomic mass is 16.5. The van der Waals surface area contributed by atoms with Crippen LogP contribution in [0.5, 0.6) is 0 Å². The summed E-state index contributed by atoms with van der Waals surface area (Å²) in [6, 6.07) is 2.10.